The molecule has 0 heterocycles. The third kappa shape index (κ3) is 1.98. The van der Waals surface area contributed by atoms with Gasteiger partial charge in [0, 0.05) is 0 Å². The van der Waals surface area contributed by atoms with E-state index >= 15 is 0 Å². The minimum absolute atomic E-state index is 0.558. The van der Waals surface area contributed by atoms with Crippen molar-refractivity contribution in [3.63, 3.8) is 0 Å². The van der Waals surface area contributed by atoms with Crippen LogP contribution < -0.4 is 5.73 Å². The van der Waals surface area contributed by atoms with Gasteiger partial charge in [-0.3, -0.25) is 0 Å². The quantitative estimate of drug-likeness (QED) is 0.716. The van der Waals surface area contributed by atoms with Gasteiger partial charge in [0.2, 0.25) is 0 Å². The highest BCUT2D eigenvalue weighted by Gasteiger charge is 2.52. The van der Waals surface area contributed by atoms with Crippen LogP contribution in [0, 0.1) is 23.2 Å². The molecular formula is C13H25N. The van der Waals surface area contributed by atoms with Crippen molar-refractivity contribution in [2.24, 2.45) is 28.9 Å². The lowest BCUT2D eigenvalue weighted by atomic mass is 9.75. The van der Waals surface area contributed by atoms with Gasteiger partial charge in [-0.2, -0.15) is 0 Å². The Morgan fingerprint density at radius 2 is 2.00 bits per heavy atom. The Morgan fingerprint density at radius 3 is 2.50 bits per heavy atom. The first-order chi connectivity index (χ1) is 6.69. The monoisotopic (exact) mass is 195 g/mol. The fourth-order valence-corrected chi connectivity index (χ4v) is 3.76. The van der Waals surface area contributed by atoms with Crippen LogP contribution in [0.3, 0.4) is 0 Å². The average molecular weight is 195 g/mol. The third-order valence-corrected chi connectivity index (χ3v) is 4.46. The Labute approximate surface area is 88.4 Å². The molecule has 82 valence electrons. The number of nitrogens with two attached hydrogens (primary N) is 1. The Bertz CT molecular complexity index is 189. The van der Waals surface area contributed by atoms with Crippen LogP contribution in [0.2, 0.25) is 0 Å². The molecule has 3 atom stereocenters. The van der Waals surface area contributed by atoms with Gasteiger partial charge < -0.3 is 5.73 Å². The lowest BCUT2D eigenvalue weighted by Crippen LogP contribution is -2.31. The smallest absolute Gasteiger partial charge is 0.00202 e. The zero-order valence-electron chi connectivity index (χ0n) is 9.76. The fourth-order valence-electron chi connectivity index (χ4n) is 3.76. The van der Waals surface area contributed by atoms with E-state index in [9.17, 15) is 0 Å². The summed E-state index contributed by atoms with van der Waals surface area (Å²) in [5.74, 6) is 3.04. The first kappa shape index (κ1) is 10.5. The van der Waals surface area contributed by atoms with Crippen LogP contribution in [0.1, 0.15) is 52.4 Å². The van der Waals surface area contributed by atoms with Gasteiger partial charge >= 0.3 is 0 Å². The van der Waals surface area contributed by atoms with Crippen molar-refractivity contribution in [1.82, 2.24) is 0 Å². The number of rotatable bonds is 5. The summed E-state index contributed by atoms with van der Waals surface area (Å²) in [6.45, 7) is 5.64. The number of hydrogen-bond acceptors (Lipinski definition) is 1. The van der Waals surface area contributed by atoms with E-state index in [0.717, 1.165) is 24.3 Å². The molecule has 0 radical (unpaired) electrons. The molecule has 1 nitrogen and oxygen atoms in total. The van der Waals surface area contributed by atoms with Crippen LogP contribution in [0.5, 0.6) is 0 Å². The molecule has 2 fully saturated rings. The summed E-state index contributed by atoms with van der Waals surface area (Å²) in [6.07, 6.45) is 8.52. The van der Waals surface area contributed by atoms with Gasteiger partial charge in [-0.1, -0.05) is 26.7 Å². The fraction of sp³-hybridized carbons (Fsp3) is 1.00. The number of hydrogen-bond donors (Lipinski definition) is 1. The normalized spacial score (nSPS) is 42.2. The van der Waals surface area contributed by atoms with Gasteiger partial charge in [-0.25, -0.2) is 0 Å². The lowest BCUT2D eigenvalue weighted by molar-refractivity contribution is 0.207. The van der Waals surface area contributed by atoms with Crippen molar-refractivity contribution >= 4 is 0 Å². The molecule has 0 aliphatic heterocycles. The van der Waals surface area contributed by atoms with Crippen LogP contribution in [0.15, 0.2) is 0 Å². The molecular weight excluding hydrogens is 170 g/mol. The molecule has 0 spiro atoms. The highest BCUT2D eigenvalue weighted by Crippen LogP contribution is 2.61. The van der Waals surface area contributed by atoms with Crippen LogP contribution >= 0.6 is 0 Å². The van der Waals surface area contributed by atoms with Crippen LogP contribution in [0.25, 0.3) is 0 Å². The van der Waals surface area contributed by atoms with E-state index in [1.165, 1.54) is 38.5 Å². The molecule has 0 amide bonds. The predicted molar refractivity (Wildman–Crippen MR) is 61.0 cm³/mol. The molecule has 14 heavy (non-hydrogen) atoms. The van der Waals surface area contributed by atoms with Crippen molar-refractivity contribution < 1.29 is 0 Å². The summed E-state index contributed by atoms with van der Waals surface area (Å²) in [4.78, 5) is 0. The second kappa shape index (κ2) is 3.84. The molecule has 2 aliphatic carbocycles. The summed E-state index contributed by atoms with van der Waals surface area (Å²) in [7, 11) is 0. The SMILES string of the molecule is CCCC(C)CC1(CN)CC2CC2C1. The van der Waals surface area contributed by atoms with Crippen LogP contribution in [-0.4, -0.2) is 6.54 Å². The summed E-state index contributed by atoms with van der Waals surface area (Å²) in [5.41, 5.74) is 6.55. The van der Waals surface area contributed by atoms with Gasteiger partial charge in [0.15, 0.2) is 0 Å². The first-order valence-corrected chi connectivity index (χ1v) is 6.39. The Kier molecular flexibility index (Phi) is 2.88. The van der Waals surface area contributed by atoms with Gasteiger partial charge in [-0.15, -0.1) is 0 Å². The molecule has 0 aromatic heterocycles. The summed E-state index contributed by atoms with van der Waals surface area (Å²) < 4.78 is 0. The minimum atomic E-state index is 0.558. The van der Waals surface area contributed by atoms with Crippen molar-refractivity contribution in [1.29, 1.82) is 0 Å². The molecule has 2 aliphatic rings. The van der Waals surface area contributed by atoms with E-state index in [1.807, 2.05) is 0 Å². The summed E-state index contributed by atoms with van der Waals surface area (Å²) in [5, 5.41) is 0. The first-order valence-electron chi connectivity index (χ1n) is 6.39. The Morgan fingerprint density at radius 1 is 1.36 bits per heavy atom. The summed E-state index contributed by atoms with van der Waals surface area (Å²) >= 11 is 0. The molecule has 2 rings (SSSR count). The molecule has 0 saturated heterocycles. The van der Waals surface area contributed by atoms with E-state index in [1.54, 1.807) is 0 Å². The summed E-state index contributed by atoms with van der Waals surface area (Å²) in [6, 6.07) is 0. The molecule has 0 bridgehead atoms. The van der Waals surface area contributed by atoms with Gasteiger partial charge in [0.05, 0.1) is 0 Å². The lowest BCUT2D eigenvalue weighted by Gasteiger charge is -2.32. The largest absolute Gasteiger partial charge is 0.330 e. The van der Waals surface area contributed by atoms with Crippen molar-refractivity contribution in [3.8, 4) is 0 Å². The maximum absolute atomic E-state index is 6.00. The highest BCUT2D eigenvalue weighted by molar-refractivity contribution is 5.04. The maximum atomic E-state index is 6.00. The molecule has 0 aromatic rings. The minimum Gasteiger partial charge on any atom is -0.330 e. The zero-order chi connectivity index (χ0) is 10.2. The van der Waals surface area contributed by atoms with Crippen molar-refractivity contribution in [3.05, 3.63) is 0 Å². The molecule has 3 unspecified atom stereocenters. The van der Waals surface area contributed by atoms with Crippen LogP contribution in [0.4, 0.5) is 0 Å². The topological polar surface area (TPSA) is 26.0 Å². The molecule has 0 aromatic carbocycles. The van der Waals surface area contributed by atoms with Crippen molar-refractivity contribution in [2.75, 3.05) is 6.54 Å². The third-order valence-electron chi connectivity index (χ3n) is 4.46. The van der Waals surface area contributed by atoms with Gasteiger partial charge in [-0.05, 0) is 55.4 Å². The van der Waals surface area contributed by atoms with Crippen molar-refractivity contribution in [2.45, 2.75) is 52.4 Å². The van der Waals surface area contributed by atoms with E-state index in [-0.39, 0.29) is 0 Å². The predicted octanol–water partition coefficient (Wildman–Crippen LogP) is 3.19. The van der Waals surface area contributed by atoms with E-state index < -0.39 is 0 Å². The second-order valence-electron chi connectivity index (χ2n) is 5.97. The van der Waals surface area contributed by atoms with Gasteiger partial charge in [0.25, 0.3) is 0 Å². The molecule has 2 saturated carbocycles. The van der Waals surface area contributed by atoms with Crippen LogP contribution in [-0.2, 0) is 0 Å². The maximum Gasteiger partial charge on any atom is -0.00202 e. The molecule has 1 heteroatoms. The average Bonchev–Trinajstić information content (AvgIpc) is 2.75. The van der Waals surface area contributed by atoms with E-state index in [0.29, 0.717) is 5.41 Å². The zero-order valence-corrected chi connectivity index (χ0v) is 9.76. The standard InChI is InChI=1S/C13H25N/c1-3-4-10(2)6-13(9-14)7-11-5-12(11)8-13/h10-12H,3-9,14H2,1-2H3. The Hall–Kier alpha value is -0.0400. The molecule has 2 N–H and O–H groups in total. The Balaban J connectivity index is 1.86. The van der Waals surface area contributed by atoms with E-state index in [4.69, 9.17) is 5.73 Å². The van der Waals surface area contributed by atoms with Gasteiger partial charge in [0.1, 0.15) is 0 Å². The highest BCUT2D eigenvalue weighted by atomic mass is 14.7. The second-order valence-corrected chi connectivity index (χ2v) is 5.97. The van der Waals surface area contributed by atoms with E-state index in [2.05, 4.69) is 13.8 Å². The number of fused-ring (bicyclic) bond motifs is 1.